The first-order valence-electron chi connectivity index (χ1n) is 9.56. The summed E-state index contributed by atoms with van der Waals surface area (Å²) in [5.41, 5.74) is 3.16. The summed E-state index contributed by atoms with van der Waals surface area (Å²) in [4.78, 5) is 36.1. The van der Waals surface area contributed by atoms with Crippen molar-refractivity contribution in [3.05, 3.63) is 53.6 Å². The van der Waals surface area contributed by atoms with Crippen LogP contribution in [0.25, 0.3) is 0 Å². The highest BCUT2D eigenvalue weighted by atomic mass is 16.2. The Bertz CT molecular complexity index is 893. The highest BCUT2D eigenvalue weighted by molar-refractivity contribution is 6.04. The summed E-state index contributed by atoms with van der Waals surface area (Å²) >= 11 is 0. The van der Waals surface area contributed by atoms with Crippen LogP contribution in [0.3, 0.4) is 0 Å². The van der Waals surface area contributed by atoms with Crippen LogP contribution in [0.1, 0.15) is 36.7 Å². The summed E-state index contributed by atoms with van der Waals surface area (Å²) in [5.74, 6) is -0.323. The maximum Gasteiger partial charge on any atom is 0.253 e. The molecule has 0 fully saturated rings. The normalized spacial score (nSPS) is 10.4. The highest BCUT2D eigenvalue weighted by Gasteiger charge is 2.13. The summed E-state index contributed by atoms with van der Waals surface area (Å²) in [5, 5.41) is 11.5. The molecule has 2 aromatic rings. The molecular weight excluding hydrogens is 368 g/mol. The SMILES string of the molecule is CC(=O)Nc1cccc(NCC(=O)Nc2ccccc2C(=O)NCC(C)C)c1C. The number of para-hydroxylation sites is 1. The topological polar surface area (TPSA) is 99.3 Å². The van der Waals surface area contributed by atoms with Crippen molar-refractivity contribution in [3.63, 3.8) is 0 Å². The molecule has 154 valence electrons. The van der Waals surface area contributed by atoms with Gasteiger partial charge in [-0.25, -0.2) is 0 Å². The van der Waals surface area contributed by atoms with Gasteiger partial charge in [0.1, 0.15) is 0 Å². The lowest BCUT2D eigenvalue weighted by molar-refractivity contribution is -0.115. The minimum absolute atomic E-state index is 0.0202. The Hall–Kier alpha value is -3.35. The number of nitrogens with one attached hydrogen (secondary N) is 4. The van der Waals surface area contributed by atoms with Gasteiger partial charge in [0.15, 0.2) is 0 Å². The third kappa shape index (κ3) is 6.64. The van der Waals surface area contributed by atoms with Crippen molar-refractivity contribution >= 4 is 34.8 Å². The molecule has 0 saturated carbocycles. The van der Waals surface area contributed by atoms with Crippen molar-refractivity contribution in [1.29, 1.82) is 0 Å². The molecule has 0 atom stereocenters. The number of rotatable bonds is 8. The first-order chi connectivity index (χ1) is 13.8. The summed E-state index contributed by atoms with van der Waals surface area (Å²) in [7, 11) is 0. The lowest BCUT2D eigenvalue weighted by atomic mass is 10.1. The third-order valence-electron chi connectivity index (χ3n) is 4.20. The van der Waals surface area contributed by atoms with Crippen LogP contribution in [-0.4, -0.2) is 30.8 Å². The van der Waals surface area contributed by atoms with Crippen LogP contribution in [0.5, 0.6) is 0 Å². The average Bonchev–Trinajstić information content (AvgIpc) is 2.67. The molecule has 4 N–H and O–H groups in total. The van der Waals surface area contributed by atoms with E-state index in [2.05, 4.69) is 21.3 Å². The van der Waals surface area contributed by atoms with Gasteiger partial charge in [0, 0.05) is 24.8 Å². The minimum Gasteiger partial charge on any atom is -0.376 e. The predicted molar refractivity (Wildman–Crippen MR) is 116 cm³/mol. The summed E-state index contributed by atoms with van der Waals surface area (Å²) in [6.07, 6.45) is 0. The van der Waals surface area contributed by atoms with Crippen LogP contribution in [0.4, 0.5) is 17.1 Å². The van der Waals surface area contributed by atoms with E-state index in [9.17, 15) is 14.4 Å². The third-order valence-corrected chi connectivity index (χ3v) is 4.20. The van der Waals surface area contributed by atoms with Crippen LogP contribution in [0.2, 0.25) is 0 Å². The van der Waals surface area contributed by atoms with E-state index in [0.29, 0.717) is 29.4 Å². The maximum absolute atomic E-state index is 12.4. The molecule has 0 saturated heterocycles. The number of carbonyl (C=O) groups excluding carboxylic acids is 3. The number of benzene rings is 2. The summed E-state index contributed by atoms with van der Waals surface area (Å²) in [6.45, 7) is 7.92. The van der Waals surface area contributed by atoms with Crippen molar-refractivity contribution in [2.24, 2.45) is 5.92 Å². The van der Waals surface area contributed by atoms with Gasteiger partial charge in [0.05, 0.1) is 17.8 Å². The van der Waals surface area contributed by atoms with Crippen molar-refractivity contribution in [3.8, 4) is 0 Å². The lowest BCUT2D eigenvalue weighted by Gasteiger charge is -2.15. The second-order valence-corrected chi connectivity index (χ2v) is 7.21. The molecular formula is C22H28N4O3. The van der Waals surface area contributed by atoms with Gasteiger partial charge in [-0.2, -0.15) is 0 Å². The van der Waals surface area contributed by atoms with E-state index in [4.69, 9.17) is 0 Å². The molecule has 0 aromatic heterocycles. The molecule has 0 aliphatic heterocycles. The standard InChI is InChI=1S/C22H28N4O3/c1-14(2)12-24-22(29)17-8-5-6-9-20(17)26-21(28)13-23-18-10-7-11-19(15(18)3)25-16(4)27/h5-11,14,23H,12-13H2,1-4H3,(H,24,29)(H,25,27)(H,26,28). The van der Waals surface area contributed by atoms with Gasteiger partial charge in [-0.15, -0.1) is 0 Å². The zero-order valence-electron chi connectivity index (χ0n) is 17.3. The number of hydrogen-bond donors (Lipinski definition) is 4. The fourth-order valence-corrected chi connectivity index (χ4v) is 2.70. The number of hydrogen-bond acceptors (Lipinski definition) is 4. The largest absolute Gasteiger partial charge is 0.376 e. The Balaban J connectivity index is 2.02. The maximum atomic E-state index is 12.4. The molecule has 0 spiro atoms. The van der Waals surface area contributed by atoms with Gasteiger partial charge in [0.25, 0.3) is 5.91 Å². The smallest absolute Gasteiger partial charge is 0.253 e. The van der Waals surface area contributed by atoms with Gasteiger partial charge in [-0.05, 0) is 42.7 Å². The van der Waals surface area contributed by atoms with Gasteiger partial charge in [-0.3, -0.25) is 14.4 Å². The Labute approximate surface area is 171 Å². The van der Waals surface area contributed by atoms with Crippen molar-refractivity contribution in [2.75, 3.05) is 29.0 Å². The van der Waals surface area contributed by atoms with E-state index in [1.165, 1.54) is 6.92 Å². The fourth-order valence-electron chi connectivity index (χ4n) is 2.70. The van der Waals surface area contributed by atoms with Crippen molar-refractivity contribution in [2.45, 2.75) is 27.7 Å². The highest BCUT2D eigenvalue weighted by Crippen LogP contribution is 2.23. The average molecular weight is 396 g/mol. The summed E-state index contributed by atoms with van der Waals surface area (Å²) in [6, 6.07) is 12.3. The molecule has 7 nitrogen and oxygen atoms in total. The van der Waals surface area contributed by atoms with E-state index in [1.54, 1.807) is 36.4 Å². The first kappa shape index (κ1) is 21.9. The predicted octanol–water partition coefficient (Wildman–Crippen LogP) is 3.39. The van der Waals surface area contributed by atoms with Gasteiger partial charge in [-0.1, -0.05) is 32.0 Å². The monoisotopic (exact) mass is 396 g/mol. The summed E-state index contributed by atoms with van der Waals surface area (Å²) < 4.78 is 0. The quantitative estimate of drug-likeness (QED) is 0.550. The molecule has 0 unspecified atom stereocenters. The lowest BCUT2D eigenvalue weighted by Crippen LogP contribution is -2.29. The number of carbonyl (C=O) groups is 3. The molecule has 0 bridgehead atoms. The number of anilines is 3. The Kier molecular flexibility index (Phi) is 7.77. The van der Waals surface area contributed by atoms with E-state index in [0.717, 1.165) is 11.3 Å². The zero-order chi connectivity index (χ0) is 21.4. The Morgan fingerprint density at radius 2 is 1.55 bits per heavy atom. The van der Waals surface area contributed by atoms with E-state index in [-0.39, 0.29) is 24.3 Å². The molecule has 2 rings (SSSR count). The van der Waals surface area contributed by atoms with E-state index >= 15 is 0 Å². The van der Waals surface area contributed by atoms with Crippen molar-refractivity contribution < 1.29 is 14.4 Å². The van der Waals surface area contributed by atoms with Gasteiger partial charge in [0.2, 0.25) is 11.8 Å². The van der Waals surface area contributed by atoms with Crippen LogP contribution >= 0.6 is 0 Å². The minimum atomic E-state index is -0.279. The molecule has 0 aliphatic rings. The zero-order valence-corrected chi connectivity index (χ0v) is 17.3. The Morgan fingerprint density at radius 1 is 0.897 bits per heavy atom. The molecule has 3 amide bonds. The van der Waals surface area contributed by atoms with Crippen LogP contribution in [0.15, 0.2) is 42.5 Å². The number of amides is 3. The van der Waals surface area contributed by atoms with E-state index in [1.807, 2.05) is 26.8 Å². The van der Waals surface area contributed by atoms with E-state index < -0.39 is 0 Å². The molecule has 0 aliphatic carbocycles. The Morgan fingerprint density at radius 3 is 2.24 bits per heavy atom. The van der Waals surface area contributed by atoms with Crippen molar-refractivity contribution in [1.82, 2.24) is 5.32 Å². The van der Waals surface area contributed by atoms with Gasteiger partial charge < -0.3 is 21.3 Å². The molecule has 7 heteroatoms. The van der Waals surface area contributed by atoms with Gasteiger partial charge >= 0.3 is 0 Å². The molecule has 0 heterocycles. The second-order valence-electron chi connectivity index (χ2n) is 7.21. The van der Waals surface area contributed by atoms with Crippen LogP contribution < -0.4 is 21.3 Å². The molecule has 0 radical (unpaired) electrons. The molecule has 29 heavy (non-hydrogen) atoms. The fraction of sp³-hybridized carbons (Fsp3) is 0.318. The molecule has 2 aromatic carbocycles. The second kappa shape index (κ2) is 10.3. The first-order valence-corrected chi connectivity index (χ1v) is 9.56. The van der Waals surface area contributed by atoms with Crippen LogP contribution in [-0.2, 0) is 9.59 Å². The van der Waals surface area contributed by atoms with Crippen LogP contribution in [0, 0.1) is 12.8 Å².